The molecule has 0 spiro atoms. The number of rotatable bonds is 8. The largest absolute Gasteiger partial charge is 0.350 e. The van der Waals surface area contributed by atoms with Crippen LogP contribution in [-0.4, -0.2) is 70.9 Å². The highest BCUT2D eigenvalue weighted by Crippen LogP contribution is 2.36. The summed E-state index contributed by atoms with van der Waals surface area (Å²) in [6.07, 6.45) is 0.714. The number of thiophene rings is 1. The number of hydrogen-bond acceptors (Lipinski definition) is 7. The van der Waals surface area contributed by atoms with Crippen LogP contribution in [0.5, 0.6) is 0 Å². The molecule has 1 N–H and O–H groups in total. The molecule has 4 heterocycles. The van der Waals surface area contributed by atoms with Crippen molar-refractivity contribution in [2.24, 2.45) is 0 Å². The third-order valence-corrected chi connectivity index (χ3v) is 10.2. The van der Waals surface area contributed by atoms with Crippen molar-refractivity contribution in [2.75, 3.05) is 20.1 Å². The van der Waals surface area contributed by atoms with Gasteiger partial charge in [-0.15, -0.1) is 22.7 Å². The average Bonchev–Trinajstić information content (AvgIpc) is 3.58. The highest BCUT2D eigenvalue weighted by Gasteiger charge is 2.51. The van der Waals surface area contributed by atoms with Crippen molar-refractivity contribution < 1.29 is 18.0 Å². The van der Waals surface area contributed by atoms with Gasteiger partial charge in [0, 0.05) is 24.9 Å². The molecule has 2 atom stereocenters. The zero-order chi connectivity index (χ0) is 23.9. The lowest BCUT2D eigenvalue weighted by Gasteiger charge is -2.28. The van der Waals surface area contributed by atoms with Crippen LogP contribution in [0.25, 0.3) is 10.2 Å². The smallest absolute Gasteiger partial charge is 0.282 e. The summed E-state index contributed by atoms with van der Waals surface area (Å²) >= 11 is 3.08. The van der Waals surface area contributed by atoms with Crippen molar-refractivity contribution in [1.29, 1.82) is 0 Å². The van der Waals surface area contributed by atoms with Crippen molar-refractivity contribution in [3.8, 4) is 0 Å². The number of nitrogens with zero attached hydrogens (tertiary/aromatic N) is 4. The summed E-state index contributed by atoms with van der Waals surface area (Å²) in [5.41, 5.74) is 0.903. The van der Waals surface area contributed by atoms with Crippen molar-refractivity contribution in [1.82, 2.24) is 23.8 Å². The number of fused-ring (bicyclic) bond motifs is 2. The van der Waals surface area contributed by atoms with Gasteiger partial charge in [-0.25, -0.2) is 4.98 Å². The molecule has 2 aliphatic rings. The number of likely N-dealkylation sites (tertiary alicyclic amines) is 1. The molecule has 0 unspecified atom stereocenters. The summed E-state index contributed by atoms with van der Waals surface area (Å²) in [5, 5.41) is 5.52. The third kappa shape index (κ3) is 4.48. The Hall–Kier alpha value is -2.38. The highest BCUT2D eigenvalue weighted by molar-refractivity contribution is 7.86. The molecule has 2 fully saturated rings. The van der Waals surface area contributed by atoms with Gasteiger partial charge >= 0.3 is 0 Å². The van der Waals surface area contributed by atoms with Crippen LogP contribution in [-0.2, 0) is 32.9 Å². The first-order chi connectivity index (χ1) is 16.3. The Morgan fingerprint density at radius 2 is 2.06 bits per heavy atom. The van der Waals surface area contributed by atoms with Gasteiger partial charge in [0.25, 0.3) is 10.2 Å². The standard InChI is InChI=1S/C22H25N5O4S3/c1-25(13-20(28)23-12-15-5-4-10-32-15)34(30,31)27-9-8-17-18(27)11-22(29)26(17)14-21-24-16-6-2-3-7-19(16)33-21/h2-7,10,17-18H,8-9,11-14H2,1H3,(H,23,28)/t17-,18+/m0/s1. The molecule has 2 aliphatic heterocycles. The molecule has 34 heavy (non-hydrogen) atoms. The van der Waals surface area contributed by atoms with E-state index in [4.69, 9.17) is 0 Å². The predicted molar refractivity (Wildman–Crippen MR) is 131 cm³/mol. The van der Waals surface area contributed by atoms with E-state index < -0.39 is 16.3 Å². The number of nitrogens with one attached hydrogen (secondary N) is 1. The number of aromatic nitrogens is 1. The predicted octanol–water partition coefficient (Wildman–Crippen LogP) is 2.03. The molecule has 0 saturated carbocycles. The Morgan fingerprint density at radius 3 is 2.82 bits per heavy atom. The van der Waals surface area contributed by atoms with Gasteiger partial charge in [0.15, 0.2) is 0 Å². The minimum absolute atomic E-state index is 0.0644. The molecule has 1 aromatic carbocycles. The third-order valence-electron chi connectivity index (χ3n) is 6.30. The number of amides is 2. The molecule has 2 amide bonds. The van der Waals surface area contributed by atoms with Gasteiger partial charge in [0.1, 0.15) is 5.01 Å². The quantitative estimate of drug-likeness (QED) is 0.491. The van der Waals surface area contributed by atoms with E-state index in [1.54, 1.807) is 16.2 Å². The van der Waals surface area contributed by atoms with Crippen LogP contribution in [0.15, 0.2) is 41.8 Å². The second kappa shape index (κ2) is 9.34. The van der Waals surface area contributed by atoms with Gasteiger partial charge in [-0.2, -0.15) is 17.0 Å². The second-order valence-electron chi connectivity index (χ2n) is 8.46. The zero-order valence-corrected chi connectivity index (χ0v) is 21.0. The van der Waals surface area contributed by atoms with Crippen LogP contribution >= 0.6 is 22.7 Å². The fraction of sp³-hybridized carbons (Fsp3) is 0.409. The van der Waals surface area contributed by atoms with Crippen molar-refractivity contribution in [2.45, 2.75) is 38.0 Å². The first kappa shape index (κ1) is 23.4. The maximum Gasteiger partial charge on any atom is 0.282 e. The van der Waals surface area contributed by atoms with Gasteiger partial charge in [-0.05, 0) is 30.0 Å². The average molecular weight is 520 g/mol. The Morgan fingerprint density at radius 1 is 1.24 bits per heavy atom. The summed E-state index contributed by atoms with van der Waals surface area (Å²) in [6.45, 7) is 0.801. The monoisotopic (exact) mass is 519 g/mol. The van der Waals surface area contributed by atoms with Crippen LogP contribution in [0.4, 0.5) is 0 Å². The lowest BCUT2D eigenvalue weighted by atomic mass is 10.1. The minimum atomic E-state index is -3.88. The fourth-order valence-corrected chi connectivity index (χ4v) is 7.78. The van der Waals surface area contributed by atoms with Gasteiger partial charge in [0.05, 0.1) is 41.9 Å². The van der Waals surface area contributed by atoms with E-state index in [-0.39, 0.29) is 30.8 Å². The molecule has 12 heteroatoms. The number of thiazole rings is 1. The minimum Gasteiger partial charge on any atom is -0.350 e. The second-order valence-corrected chi connectivity index (χ2v) is 12.6. The summed E-state index contributed by atoms with van der Waals surface area (Å²) in [5.74, 6) is -0.430. The molecule has 2 aromatic heterocycles. The molecule has 3 aromatic rings. The summed E-state index contributed by atoms with van der Waals surface area (Å²) < 4.78 is 30.1. The number of para-hydroxylation sites is 1. The number of carbonyl (C=O) groups is 2. The number of benzene rings is 1. The molecule has 9 nitrogen and oxygen atoms in total. The Bertz CT molecular complexity index is 1270. The first-order valence-corrected chi connectivity index (χ1v) is 14.1. The van der Waals surface area contributed by atoms with E-state index >= 15 is 0 Å². The lowest BCUT2D eigenvalue weighted by Crippen LogP contribution is -2.48. The van der Waals surface area contributed by atoms with Gasteiger partial charge in [0.2, 0.25) is 11.8 Å². The van der Waals surface area contributed by atoms with Crippen LogP contribution in [0.2, 0.25) is 0 Å². The summed E-state index contributed by atoms with van der Waals surface area (Å²) in [4.78, 5) is 32.5. The van der Waals surface area contributed by atoms with Crippen LogP contribution < -0.4 is 5.32 Å². The summed E-state index contributed by atoms with van der Waals surface area (Å²) in [6, 6.07) is 11.0. The number of carbonyl (C=O) groups excluding carboxylic acids is 2. The van der Waals surface area contributed by atoms with Crippen LogP contribution in [0.1, 0.15) is 22.7 Å². The molecular formula is C22H25N5O4S3. The van der Waals surface area contributed by atoms with Crippen LogP contribution in [0.3, 0.4) is 0 Å². The summed E-state index contributed by atoms with van der Waals surface area (Å²) in [7, 11) is -2.48. The van der Waals surface area contributed by atoms with E-state index in [9.17, 15) is 18.0 Å². The highest BCUT2D eigenvalue weighted by atomic mass is 32.2. The topological polar surface area (TPSA) is 103 Å². The van der Waals surface area contributed by atoms with E-state index in [2.05, 4.69) is 10.3 Å². The number of hydrogen-bond donors (Lipinski definition) is 1. The molecule has 2 saturated heterocycles. The normalized spacial score (nSPS) is 21.0. The number of likely N-dealkylation sites (N-methyl/N-ethyl adjacent to an activating group) is 1. The molecule has 0 bridgehead atoms. The van der Waals surface area contributed by atoms with E-state index in [1.807, 2.05) is 41.8 Å². The molecular weight excluding hydrogens is 494 g/mol. The molecule has 0 radical (unpaired) electrons. The Labute approximate surface area is 206 Å². The van der Waals surface area contributed by atoms with Gasteiger partial charge < -0.3 is 10.2 Å². The maximum absolute atomic E-state index is 13.3. The van der Waals surface area contributed by atoms with Crippen molar-refractivity contribution in [3.05, 3.63) is 51.7 Å². The maximum atomic E-state index is 13.3. The van der Waals surface area contributed by atoms with E-state index in [0.29, 0.717) is 26.1 Å². The van der Waals surface area contributed by atoms with Crippen LogP contribution in [0, 0.1) is 0 Å². The SMILES string of the molecule is CN(CC(=O)NCc1cccs1)S(=O)(=O)N1CC[C@H]2[C@H]1CC(=O)N2Cc1nc2ccccc2s1. The van der Waals surface area contributed by atoms with Crippen molar-refractivity contribution >= 4 is 54.9 Å². The van der Waals surface area contributed by atoms with Gasteiger partial charge in [-0.1, -0.05) is 18.2 Å². The zero-order valence-electron chi connectivity index (χ0n) is 18.6. The Kier molecular flexibility index (Phi) is 6.42. The molecule has 0 aliphatic carbocycles. The lowest BCUT2D eigenvalue weighted by molar-refractivity contribution is -0.129. The van der Waals surface area contributed by atoms with Crippen molar-refractivity contribution in [3.63, 3.8) is 0 Å². The first-order valence-electron chi connectivity index (χ1n) is 11.0. The van der Waals surface area contributed by atoms with E-state index in [1.165, 1.54) is 22.7 Å². The molecule has 5 rings (SSSR count). The fourth-order valence-electron chi connectivity index (χ4n) is 4.63. The molecule has 180 valence electrons. The van der Waals surface area contributed by atoms with Gasteiger partial charge in [-0.3, -0.25) is 9.59 Å². The Balaban J connectivity index is 1.23. The van der Waals surface area contributed by atoms with E-state index in [0.717, 1.165) is 24.4 Å².